The number of ether oxygens (including phenoxy) is 1. The minimum Gasteiger partial charge on any atom is -0.370 e. The molecular formula is C21H23ClN3OS+. The molecule has 0 unspecified atom stereocenters. The summed E-state index contributed by atoms with van der Waals surface area (Å²) in [5.41, 5.74) is 3.34. The second-order valence-corrected chi connectivity index (χ2v) is 7.89. The maximum atomic E-state index is 6.08. The Morgan fingerprint density at radius 3 is 2.52 bits per heavy atom. The predicted octanol–water partition coefficient (Wildman–Crippen LogP) is 3.02. The quantitative estimate of drug-likeness (QED) is 0.701. The fourth-order valence-electron chi connectivity index (χ4n) is 3.28. The van der Waals surface area contributed by atoms with E-state index in [4.69, 9.17) is 21.3 Å². The van der Waals surface area contributed by atoms with Crippen molar-refractivity contribution >= 4 is 28.6 Å². The highest BCUT2D eigenvalue weighted by Gasteiger charge is 2.15. The van der Waals surface area contributed by atoms with Crippen LogP contribution in [0.15, 0.2) is 65.0 Å². The summed E-state index contributed by atoms with van der Waals surface area (Å²) in [4.78, 5) is 7.51. The summed E-state index contributed by atoms with van der Waals surface area (Å²) in [7, 11) is 0. The van der Waals surface area contributed by atoms with Crippen LogP contribution in [0.2, 0.25) is 5.02 Å². The van der Waals surface area contributed by atoms with E-state index in [0.717, 1.165) is 54.9 Å². The lowest BCUT2D eigenvalue weighted by Gasteiger charge is -2.24. The number of para-hydroxylation sites is 1. The third-order valence-electron chi connectivity index (χ3n) is 4.81. The normalized spacial score (nSPS) is 16.0. The Kier molecular flexibility index (Phi) is 6.04. The van der Waals surface area contributed by atoms with Gasteiger partial charge in [0.2, 0.25) is 0 Å². The molecule has 0 bridgehead atoms. The molecule has 2 aromatic carbocycles. The summed E-state index contributed by atoms with van der Waals surface area (Å²) in [6.45, 7) is 5.87. The number of morpholine rings is 1. The molecule has 0 spiro atoms. The van der Waals surface area contributed by atoms with E-state index >= 15 is 0 Å². The van der Waals surface area contributed by atoms with E-state index in [1.807, 2.05) is 42.5 Å². The Bertz CT molecular complexity index is 928. The predicted molar refractivity (Wildman–Crippen MR) is 111 cm³/mol. The van der Waals surface area contributed by atoms with Gasteiger partial charge in [0, 0.05) is 10.4 Å². The molecule has 6 heteroatoms. The lowest BCUT2D eigenvalue weighted by molar-refractivity contribution is -0.908. The standard InChI is InChI=1S/C21H22ClN3OS/c22-18-8-6-17(7-9-18)20-16-27-21(23-19-4-2-1-3-5-19)25(20)11-10-24-12-14-26-15-13-24/h1-9,16H,10-15H2/p+1. The fourth-order valence-corrected chi connectivity index (χ4v) is 4.36. The van der Waals surface area contributed by atoms with E-state index in [2.05, 4.69) is 22.1 Å². The van der Waals surface area contributed by atoms with Gasteiger partial charge in [-0.25, -0.2) is 4.99 Å². The third kappa shape index (κ3) is 4.68. The SMILES string of the molecule is Clc1ccc(-c2csc(=Nc3ccccc3)n2CC[NH+]2CCOCC2)cc1. The van der Waals surface area contributed by atoms with Crippen LogP contribution in [0.25, 0.3) is 11.3 Å². The largest absolute Gasteiger partial charge is 0.370 e. The van der Waals surface area contributed by atoms with Gasteiger partial charge in [0.25, 0.3) is 0 Å². The third-order valence-corrected chi connectivity index (χ3v) is 5.92. The minimum atomic E-state index is 0.757. The lowest BCUT2D eigenvalue weighted by Crippen LogP contribution is -3.14. The fraction of sp³-hybridized carbons (Fsp3) is 0.286. The molecule has 1 saturated heterocycles. The first-order valence-corrected chi connectivity index (χ1v) is 10.5. The lowest BCUT2D eigenvalue weighted by atomic mass is 10.2. The molecule has 0 aliphatic carbocycles. The zero-order valence-electron chi connectivity index (χ0n) is 15.1. The molecule has 0 radical (unpaired) electrons. The molecule has 0 saturated carbocycles. The Morgan fingerprint density at radius 1 is 1.04 bits per heavy atom. The van der Waals surface area contributed by atoms with E-state index in [0.29, 0.717) is 0 Å². The first-order chi connectivity index (χ1) is 13.3. The number of aromatic nitrogens is 1. The van der Waals surface area contributed by atoms with Gasteiger partial charge in [-0.05, 0) is 29.8 Å². The van der Waals surface area contributed by atoms with Crippen molar-refractivity contribution in [1.82, 2.24) is 4.57 Å². The van der Waals surface area contributed by atoms with Crippen LogP contribution in [0, 0.1) is 0 Å². The summed E-state index contributed by atoms with van der Waals surface area (Å²) >= 11 is 7.76. The molecule has 3 aromatic rings. The van der Waals surface area contributed by atoms with Gasteiger partial charge in [0.05, 0.1) is 37.7 Å². The Labute approximate surface area is 168 Å². The summed E-state index contributed by atoms with van der Waals surface area (Å²) in [5, 5.41) is 2.95. The number of nitrogens with one attached hydrogen (secondary N) is 1. The molecule has 1 N–H and O–H groups in total. The van der Waals surface area contributed by atoms with Crippen LogP contribution in [0.3, 0.4) is 0 Å². The van der Waals surface area contributed by atoms with E-state index in [1.165, 1.54) is 11.3 Å². The zero-order valence-corrected chi connectivity index (χ0v) is 16.7. The van der Waals surface area contributed by atoms with Crippen LogP contribution in [0.4, 0.5) is 5.69 Å². The number of thiazole rings is 1. The molecule has 1 aromatic heterocycles. The number of benzene rings is 2. The first kappa shape index (κ1) is 18.4. The summed E-state index contributed by atoms with van der Waals surface area (Å²) in [6.07, 6.45) is 0. The van der Waals surface area contributed by atoms with Gasteiger partial charge in [-0.2, -0.15) is 0 Å². The van der Waals surface area contributed by atoms with Crippen molar-refractivity contribution in [3.05, 3.63) is 69.8 Å². The van der Waals surface area contributed by atoms with Crippen molar-refractivity contribution in [2.24, 2.45) is 4.99 Å². The van der Waals surface area contributed by atoms with Crippen LogP contribution < -0.4 is 9.70 Å². The molecule has 0 amide bonds. The van der Waals surface area contributed by atoms with Crippen LogP contribution >= 0.6 is 22.9 Å². The minimum absolute atomic E-state index is 0.757. The summed E-state index contributed by atoms with van der Waals surface area (Å²) in [5.74, 6) is 0. The highest BCUT2D eigenvalue weighted by Crippen LogP contribution is 2.22. The molecule has 4 rings (SSSR count). The Hall–Kier alpha value is -1.92. The number of hydrogen-bond donors (Lipinski definition) is 1. The van der Waals surface area contributed by atoms with Crippen molar-refractivity contribution in [2.75, 3.05) is 32.8 Å². The maximum absolute atomic E-state index is 6.08. The monoisotopic (exact) mass is 400 g/mol. The maximum Gasteiger partial charge on any atom is 0.190 e. The molecule has 27 heavy (non-hydrogen) atoms. The van der Waals surface area contributed by atoms with Crippen LogP contribution in [-0.2, 0) is 11.3 Å². The highest BCUT2D eigenvalue weighted by molar-refractivity contribution is 7.07. The molecule has 1 aliphatic rings. The van der Waals surface area contributed by atoms with Gasteiger partial charge in [-0.1, -0.05) is 41.9 Å². The van der Waals surface area contributed by atoms with Gasteiger partial charge in [0.1, 0.15) is 13.1 Å². The number of rotatable bonds is 5. The van der Waals surface area contributed by atoms with Gasteiger partial charge in [0.15, 0.2) is 4.80 Å². The van der Waals surface area contributed by atoms with Gasteiger partial charge in [-0.3, -0.25) is 0 Å². The van der Waals surface area contributed by atoms with Crippen molar-refractivity contribution in [2.45, 2.75) is 6.54 Å². The summed E-state index contributed by atoms with van der Waals surface area (Å²) < 4.78 is 7.82. The van der Waals surface area contributed by atoms with E-state index in [1.54, 1.807) is 16.2 Å². The van der Waals surface area contributed by atoms with Crippen molar-refractivity contribution in [3.8, 4) is 11.3 Å². The van der Waals surface area contributed by atoms with E-state index in [-0.39, 0.29) is 0 Å². The van der Waals surface area contributed by atoms with E-state index < -0.39 is 0 Å². The molecule has 2 heterocycles. The molecule has 1 aliphatic heterocycles. The Morgan fingerprint density at radius 2 is 1.78 bits per heavy atom. The number of halogens is 1. The van der Waals surface area contributed by atoms with E-state index in [9.17, 15) is 0 Å². The van der Waals surface area contributed by atoms with Gasteiger partial charge >= 0.3 is 0 Å². The zero-order chi connectivity index (χ0) is 18.5. The summed E-state index contributed by atoms with van der Waals surface area (Å²) in [6, 6.07) is 18.2. The van der Waals surface area contributed by atoms with Crippen LogP contribution in [0.1, 0.15) is 0 Å². The average Bonchev–Trinajstić information content (AvgIpc) is 3.11. The highest BCUT2D eigenvalue weighted by atomic mass is 35.5. The smallest absolute Gasteiger partial charge is 0.190 e. The topological polar surface area (TPSA) is 31.0 Å². The molecular weight excluding hydrogens is 378 g/mol. The van der Waals surface area contributed by atoms with Crippen molar-refractivity contribution < 1.29 is 9.64 Å². The van der Waals surface area contributed by atoms with Gasteiger partial charge in [-0.15, -0.1) is 11.3 Å². The number of hydrogen-bond acceptors (Lipinski definition) is 3. The van der Waals surface area contributed by atoms with Crippen molar-refractivity contribution in [3.63, 3.8) is 0 Å². The molecule has 4 nitrogen and oxygen atoms in total. The van der Waals surface area contributed by atoms with Crippen molar-refractivity contribution in [1.29, 1.82) is 0 Å². The van der Waals surface area contributed by atoms with Gasteiger partial charge < -0.3 is 14.2 Å². The molecule has 0 atom stereocenters. The molecule has 1 fully saturated rings. The number of quaternary nitrogens is 1. The van der Waals surface area contributed by atoms with Crippen LogP contribution in [0.5, 0.6) is 0 Å². The number of nitrogens with zero attached hydrogens (tertiary/aromatic N) is 2. The van der Waals surface area contributed by atoms with Crippen LogP contribution in [-0.4, -0.2) is 37.4 Å². The average molecular weight is 401 g/mol. The molecule has 140 valence electrons. The second kappa shape index (κ2) is 8.85. The Balaban J connectivity index is 1.68. The first-order valence-electron chi connectivity index (χ1n) is 9.25. The second-order valence-electron chi connectivity index (χ2n) is 6.62.